The van der Waals surface area contributed by atoms with E-state index in [1.54, 1.807) is 17.4 Å². The van der Waals surface area contributed by atoms with Crippen molar-refractivity contribution in [3.8, 4) is 0 Å². The van der Waals surface area contributed by atoms with Crippen LogP contribution in [0, 0.1) is 12.8 Å². The second kappa shape index (κ2) is 8.00. The van der Waals surface area contributed by atoms with E-state index in [1.807, 2.05) is 6.92 Å². The number of aromatic nitrogens is 3. The molecular weight excluding hydrogens is 410 g/mol. The van der Waals surface area contributed by atoms with Crippen LogP contribution in [0.25, 0.3) is 10.2 Å². The summed E-state index contributed by atoms with van der Waals surface area (Å²) in [5.74, 6) is 2.08. The first-order valence-electron chi connectivity index (χ1n) is 9.70. The first-order chi connectivity index (χ1) is 13.8. The standard InChI is InChI=1S/C19H25N5O3S2/c1-13(2)10-15-11-28-19-17(15)18(20-14(3)21-19)23-5-7-24(8-6-23)29(25,26)12-16-4-9-27-22-16/h4,9,11,13H,5-8,10,12H2,1-3H3. The fourth-order valence-electron chi connectivity index (χ4n) is 3.67. The summed E-state index contributed by atoms with van der Waals surface area (Å²) in [5.41, 5.74) is 1.70. The summed E-state index contributed by atoms with van der Waals surface area (Å²) < 4.78 is 31.7. The van der Waals surface area contributed by atoms with Crippen LogP contribution in [0.4, 0.5) is 5.82 Å². The number of aryl methyl sites for hydroxylation is 1. The molecule has 0 saturated carbocycles. The first kappa shape index (κ1) is 20.2. The number of rotatable bonds is 6. The highest BCUT2D eigenvalue weighted by atomic mass is 32.2. The van der Waals surface area contributed by atoms with Crippen LogP contribution in [0.2, 0.25) is 0 Å². The van der Waals surface area contributed by atoms with Gasteiger partial charge in [-0.05, 0) is 30.2 Å². The number of hydrogen-bond acceptors (Lipinski definition) is 8. The van der Waals surface area contributed by atoms with Gasteiger partial charge in [-0.1, -0.05) is 19.0 Å². The summed E-state index contributed by atoms with van der Waals surface area (Å²) in [6.07, 6.45) is 2.37. The van der Waals surface area contributed by atoms with Gasteiger partial charge in [0.25, 0.3) is 0 Å². The molecule has 29 heavy (non-hydrogen) atoms. The molecule has 0 aliphatic carbocycles. The van der Waals surface area contributed by atoms with E-state index in [9.17, 15) is 8.42 Å². The smallest absolute Gasteiger partial charge is 0.220 e. The van der Waals surface area contributed by atoms with E-state index in [0.717, 1.165) is 28.3 Å². The molecule has 0 unspecified atom stereocenters. The molecule has 1 aliphatic rings. The molecule has 0 amide bonds. The van der Waals surface area contributed by atoms with E-state index >= 15 is 0 Å². The van der Waals surface area contributed by atoms with Gasteiger partial charge in [0.05, 0.1) is 11.1 Å². The lowest BCUT2D eigenvalue weighted by atomic mass is 10.0. The van der Waals surface area contributed by atoms with Crippen molar-refractivity contribution in [2.24, 2.45) is 5.92 Å². The predicted molar refractivity (Wildman–Crippen MR) is 114 cm³/mol. The Morgan fingerprint density at radius 3 is 2.62 bits per heavy atom. The average molecular weight is 436 g/mol. The minimum atomic E-state index is -3.42. The monoisotopic (exact) mass is 435 g/mol. The van der Waals surface area contributed by atoms with Gasteiger partial charge in [0.1, 0.15) is 28.5 Å². The molecule has 156 valence electrons. The highest BCUT2D eigenvalue weighted by molar-refractivity contribution is 7.88. The molecule has 4 heterocycles. The molecule has 1 aliphatic heterocycles. The summed E-state index contributed by atoms with van der Waals surface area (Å²) in [6.45, 7) is 8.36. The maximum absolute atomic E-state index is 12.7. The van der Waals surface area contributed by atoms with Crippen molar-refractivity contribution >= 4 is 37.4 Å². The van der Waals surface area contributed by atoms with Gasteiger partial charge in [0, 0.05) is 32.2 Å². The van der Waals surface area contributed by atoms with Gasteiger partial charge >= 0.3 is 0 Å². The van der Waals surface area contributed by atoms with E-state index in [0.29, 0.717) is 37.8 Å². The van der Waals surface area contributed by atoms with Crippen molar-refractivity contribution in [2.45, 2.75) is 32.9 Å². The van der Waals surface area contributed by atoms with E-state index in [4.69, 9.17) is 9.51 Å². The summed E-state index contributed by atoms with van der Waals surface area (Å²) in [4.78, 5) is 12.6. The van der Waals surface area contributed by atoms with Gasteiger partial charge in [-0.25, -0.2) is 18.4 Å². The van der Waals surface area contributed by atoms with Gasteiger partial charge in [-0.2, -0.15) is 4.31 Å². The van der Waals surface area contributed by atoms with Crippen molar-refractivity contribution in [3.63, 3.8) is 0 Å². The molecule has 3 aromatic rings. The molecular formula is C19H25N5O3S2. The Labute approximate surface area is 174 Å². The maximum Gasteiger partial charge on any atom is 0.220 e. The van der Waals surface area contributed by atoms with E-state index in [1.165, 1.54) is 16.1 Å². The number of hydrogen-bond donors (Lipinski definition) is 0. The number of nitrogens with zero attached hydrogens (tertiary/aromatic N) is 5. The van der Waals surface area contributed by atoms with Gasteiger partial charge < -0.3 is 9.42 Å². The quantitative estimate of drug-likeness (QED) is 0.588. The molecule has 0 spiro atoms. The summed E-state index contributed by atoms with van der Waals surface area (Å²) in [7, 11) is -3.42. The molecule has 0 radical (unpaired) electrons. The highest BCUT2D eigenvalue weighted by Gasteiger charge is 2.29. The molecule has 1 saturated heterocycles. The second-order valence-electron chi connectivity index (χ2n) is 7.77. The van der Waals surface area contributed by atoms with Crippen LogP contribution in [0.5, 0.6) is 0 Å². The minimum Gasteiger partial charge on any atom is -0.364 e. The highest BCUT2D eigenvalue weighted by Crippen LogP contribution is 2.34. The van der Waals surface area contributed by atoms with E-state index < -0.39 is 10.0 Å². The lowest BCUT2D eigenvalue weighted by molar-refractivity contribution is 0.381. The zero-order valence-electron chi connectivity index (χ0n) is 16.8. The second-order valence-corrected chi connectivity index (χ2v) is 10.6. The molecule has 4 rings (SSSR count). The summed E-state index contributed by atoms with van der Waals surface area (Å²) in [5, 5.41) is 7.02. The largest absolute Gasteiger partial charge is 0.364 e. The van der Waals surface area contributed by atoms with Crippen molar-refractivity contribution in [1.82, 2.24) is 19.4 Å². The van der Waals surface area contributed by atoms with Crippen molar-refractivity contribution in [3.05, 3.63) is 34.8 Å². The third kappa shape index (κ3) is 4.29. The lowest BCUT2D eigenvalue weighted by Crippen LogP contribution is -2.49. The Morgan fingerprint density at radius 2 is 1.97 bits per heavy atom. The molecule has 1 fully saturated rings. The number of fused-ring (bicyclic) bond motifs is 1. The number of sulfonamides is 1. The molecule has 0 N–H and O–H groups in total. The summed E-state index contributed by atoms with van der Waals surface area (Å²) >= 11 is 1.66. The van der Waals surface area contributed by atoms with Crippen LogP contribution in [-0.2, 0) is 22.2 Å². The molecule has 10 heteroatoms. The number of thiophene rings is 1. The third-order valence-corrected chi connectivity index (χ3v) is 7.72. The van der Waals surface area contributed by atoms with Crippen molar-refractivity contribution < 1.29 is 12.9 Å². The Kier molecular flexibility index (Phi) is 5.58. The van der Waals surface area contributed by atoms with Crippen LogP contribution >= 0.6 is 11.3 Å². The fourth-order valence-corrected chi connectivity index (χ4v) is 6.09. The van der Waals surface area contributed by atoms with Crippen LogP contribution in [0.1, 0.15) is 30.9 Å². The molecule has 8 nitrogen and oxygen atoms in total. The Bertz CT molecular complexity index is 1080. The topological polar surface area (TPSA) is 92.4 Å². The first-order valence-corrected chi connectivity index (χ1v) is 12.2. The van der Waals surface area contributed by atoms with Gasteiger partial charge in [0.15, 0.2) is 0 Å². The van der Waals surface area contributed by atoms with Gasteiger partial charge in [0.2, 0.25) is 10.0 Å². The normalized spacial score (nSPS) is 16.2. The van der Waals surface area contributed by atoms with Gasteiger partial charge in [-0.3, -0.25) is 0 Å². The molecule has 0 atom stereocenters. The maximum atomic E-state index is 12.7. The fraction of sp³-hybridized carbons (Fsp3) is 0.526. The zero-order valence-corrected chi connectivity index (χ0v) is 18.5. The lowest BCUT2D eigenvalue weighted by Gasteiger charge is -2.35. The van der Waals surface area contributed by atoms with Crippen molar-refractivity contribution in [1.29, 1.82) is 0 Å². The minimum absolute atomic E-state index is 0.135. The number of piperazine rings is 1. The summed E-state index contributed by atoms with van der Waals surface area (Å²) in [6, 6.07) is 1.58. The van der Waals surface area contributed by atoms with E-state index in [-0.39, 0.29) is 5.75 Å². The molecule has 3 aromatic heterocycles. The zero-order chi connectivity index (χ0) is 20.6. The predicted octanol–water partition coefficient (Wildman–Crippen LogP) is 2.84. The third-order valence-electron chi connectivity index (χ3n) is 4.98. The Hall–Kier alpha value is -2.04. The SMILES string of the molecule is Cc1nc(N2CCN(S(=O)(=O)Cc3ccon3)CC2)c2c(CC(C)C)csc2n1. The van der Waals surface area contributed by atoms with E-state index in [2.05, 4.69) is 34.3 Å². The van der Waals surface area contributed by atoms with Crippen LogP contribution < -0.4 is 4.90 Å². The molecule has 0 bridgehead atoms. The Balaban J connectivity index is 1.55. The van der Waals surface area contributed by atoms with Crippen molar-refractivity contribution in [2.75, 3.05) is 31.1 Å². The Morgan fingerprint density at radius 1 is 1.21 bits per heavy atom. The molecule has 0 aromatic carbocycles. The number of anilines is 1. The average Bonchev–Trinajstić information content (AvgIpc) is 3.30. The van der Waals surface area contributed by atoms with Crippen LogP contribution in [0.15, 0.2) is 22.2 Å². The van der Waals surface area contributed by atoms with Crippen LogP contribution in [0.3, 0.4) is 0 Å². The van der Waals surface area contributed by atoms with Gasteiger partial charge in [-0.15, -0.1) is 11.3 Å². The van der Waals surface area contributed by atoms with Crippen LogP contribution in [-0.4, -0.2) is 54.0 Å².